The van der Waals surface area contributed by atoms with Crippen LogP contribution < -0.4 is 10.1 Å². The van der Waals surface area contributed by atoms with Gasteiger partial charge in [-0.25, -0.2) is 9.78 Å². The van der Waals surface area contributed by atoms with E-state index in [1.807, 2.05) is 0 Å². The number of carboxylic acid groups (broad SMARTS) is 1. The smallest absolute Gasteiger partial charge is 0.337 e. The molecule has 0 saturated carbocycles. The Kier molecular flexibility index (Phi) is 1.77. The third-order valence-electron chi connectivity index (χ3n) is 1.75. The van der Waals surface area contributed by atoms with E-state index in [-0.39, 0.29) is 5.56 Å². The van der Waals surface area contributed by atoms with Crippen LogP contribution in [-0.2, 0) is 0 Å². The zero-order valence-electron chi connectivity index (χ0n) is 6.78. The van der Waals surface area contributed by atoms with Crippen molar-refractivity contribution >= 4 is 11.8 Å². The van der Waals surface area contributed by atoms with E-state index < -0.39 is 5.97 Å². The number of hydrogen-bond acceptors (Lipinski definition) is 4. The summed E-state index contributed by atoms with van der Waals surface area (Å²) in [7, 11) is 0. The number of ether oxygens (including phenoxy) is 1. The van der Waals surface area contributed by atoms with Crippen LogP contribution in [-0.4, -0.2) is 29.2 Å². The highest BCUT2D eigenvalue weighted by atomic mass is 16.5. The number of carboxylic acids is 1. The van der Waals surface area contributed by atoms with E-state index in [2.05, 4.69) is 10.3 Å². The molecule has 0 bridgehead atoms. The van der Waals surface area contributed by atoms with Gasteiger partial charge in [-0.1, -0.05) is 0 Å². The summed E-state index contributed by atoms with van der Waals surface area (Å²) in [5.74, 6) is 0.117. The second-order valence-electron chi connectivity index (χ2n) is 2.65. The summed E-state index contributed by atoms with van der Waals surface area (Å²) in [5.41, 5.74) is 0.141. The van der Waals surface area contributed by atoms with Gasteiger partial charge in [0.1, 0.15) is 6.61 Å². The Bertz CT molecular complexity index is 351. The van der Waals surface area contributed by atoms with E-state index in [1.165, 1.54) is 12.3 Å². The molecule has 0 saturated heterocycles. The Morgan fingerprint density at radius 3 is 3.31 bits per heavy atom. The molecule has 1 aromatic rings. The molecular weight excluding hydrogens is 172 g/mol. The molecule has 68 valence electrons. The number of aromatic nitrogens is 1. The van der Waals surface area contributed by atoms with E-state index >= 15 is 0 Å². The Labute approximate surface area is 74.4 Å². The van der Waals surface area contributed by atoms with Gasteiger partial charge in [0, 0.05) is 12.3 Å². The molecule has 2 heterocycles. The fourth-order valence-corrected chi connectivity index (χ4v) is 1.13. The van der Waals surface area contributed by atoms with Gasteiger partial charge in [0.25, 0.3) is 0 Å². The second kappa shape index (κ2) is 2.93. The summed E-state index contributed by atoms with van der Waals surface area (Å²) in [6.07, 6.45) is 1.31. The molecular formula is C8H8N2O3. The fourth-order valence-electron chi connectivity index (χ4n) is 1.13. The van der Waals surface area contributed by atoms with Crippen molar-refractivity contribution in [2.75, 3.05) is 18.5 Å². The maximum Gasteiger partial charge on any atom is 0.337 e. The van der Waals surface area contributed by atoms with E-state index in [0.717, 1.165) is 0 Å². The molecule has 0 aromatic carbocycles. The first-order chi connectivity index (χ1) is 6.27. The van der Waals surface area contributed by atoms with Crippen LogP contribution in [0, 0.1) is 0 Å². The number of nitrogens with zero attached hydrogens (tertiary/aromatic N) is 1. The molecule has 0 radical (unpaired) electrons. The van der Waals surface area contributed by atoms with Crippen LogP contribution in [0.15, 0.2) is 12.3 Å². The summed E-state index contributed by atoms with van der Waals surface area (Å²) < 4.78 is 5.23. The highest BCUT2D eigenvalue weighted by Gasteiger charge is 2.13. The SMILES string of the molecule is O=C(O)c1cnc2c(c1)OCCN2. The van der Waals surface area contributed by atoms with Gasteiger partial charge in [-0.3, -0.25) is 0 Å². The van der Waals surface area contributed by atoms with Crippen molar-refractivity contribution in [2.24, 2.45) is 0 Å². The first kappa shape index (κ1) is 7.85. The molecule has 1 aliphatic rings. The number of carbonyl (C=O) groups is 1. The number of rotatable bonds is 1. The van der Waals surface area contributed by atoms with Gasteiger partial charge in [-0.05, 0) is 0 Å². The summed E-state index contributed by atoms with van der Waals surface area (Å²) in [6, 6.07) is 1.47. The molecule has 0 spiro atoms. The van der Waals surface area contributed by atoms with Gasteiger partial charge in [0.05, 0.1) is 12.1 Å². The Morgan fingerprint density at radius 1 is 1.69 bits per heavy atom. The molecule has 0 fully saturated rings. The zero-order valence-corrected chi connectivity index (χ0v) is 6.78. The van der Waals surface area contributed by atoms with Gasteiger partial charge in [-0.15, -0.1) is 0 Å². The Balaban J connectivity index is 2.40. The van der Waals surface area contributed by atoms with Crippen LogP contribution in [0.1, 0.15) is 10.4 Å². The van der Waals surface area contributed by atoms with Crippen LogP contribution in [0.3, 0.4) is 0 Å². The van der Waals surface area contributed by atoms with Crippen molar-refractivity contribution in [3.63, 3.8) is 0 Å². The lowest BCUT2D eigenvalue weighted by Crippen LogP contribution is -2.19. The highest BCUT2D eigenvalue weighted by Crippen LogP contribution is 2.25. The topological polar surface area (TPSA) is 71.5 Å². The molecule has 13 heavy (non-hydrogen) atoms. The largest absolute Gasteiger partial charge is 0.488 e. The Morgan fingerprint density at radius 2 is 2.54 bits per heavy atom. The van der Waals surface area contributed by atoms with E-state index in [9.17, 15) is 4.79 Å². The first-order valence-electron chi connectivity index (χ1n) is 3.87. The van der Waals surface area contributed by atoms with Crippen molar-refractivity contribution in [1.82, 2.24) is 4.98 Å². The zero-order chi connectivity index (χ0) is 9.26. The van der Waals surface area contributed by atoms with Gasteiger partial charge in [-0.2, -0.15) is 0 Å². The predicted octanol–water partition coefficient (Wildman–Crippen LogP) is 0.584. The van der Waals surface area contributed by atoms with E-state index in [4.69, 9.17) is 9.84 Å². The minimum atomic E-state index is -0.996. The van der Waals surface area contributed by atoms with Gasteiger partial charge < -0.3 is 15.2 Å². The van der Waals surface area contributed by atoms with Crippen molar-refractivity contribution in [2.45, 2.75) is 0 Å². The monoisotopic (exact) mass is 180 g/mol. The van der Waals surface area contributed by atoms with Crippen molar-refractivity contribution in [3.8, 4) is 5.75 Å². The fraction of sp³-hybridized carbons (Fsp3) is 0.250. The van der Waals surface area contributed by atoms with Crippen molar-refractivity contribution in [3.05, 3.63) is 17.8 Å². The number of pyridine rings is 1. The van der Waals surface area contributed by atoms with Gasteiger partial charge >= 0.3 is 5.97 Å². The number of nitrogens with one attached hydrogen (secondary N) is 1. The third kappa shape index (κ3) is 1.40. The number of fused-ring (bicyclic) bond motifs is 1. The molecule has 0 amide bonds. The van der Waals surface area contributed by atoms with E-state index in [0.29, 0.717) is 24.7 Å². The first-order valence-corrected chi connectivity index (χ1v) is 3.87. The number of aromatic carboxylic acids is 1. The minimum Gasteiger partial charge on any atom is -0.488 e. The predicted molar refractivity (Wildman–Crippen MR) is 45.2 cm³/mol. The second-order valence-corrected chi connectivity index (χ2v) is 2.65. The lowest BCUT2D eigenvalue weighted by atomic mass is 10.2. The lowest BCUT2D eigenvalue weighted by molar-refractivity contribution is 0.0696. The van der Waals surface area contributed by atoms with Crippen LogP contribution in [0.5, 0.6) is 5.75 Å². The van der Waals surface area contributed by atoms with Crippen LogP contribution >= 0.6 is 0 Å². The molecule has 1 aromatic heterocycles. The van der Waals surface area contributed by atoms with E-state index in [1.54, 1.807) is 0 Å². The molecule has 0 atom stereocenters. The van der Waals surface area contributed by atoms with Gasteiger partial charge in [0.15, 0.2) is 11.6 Å². The molecule has 2 N–H and O–H groups in total. The van der Waals surface area contributed by atoms with Crippen LogP contribution in [0.25, 0.3) is 0 Å². The van der Waals surface area contributed by atoms with Crippen LogP contribution in [0.2, 0.25) is 0 Å². The molecule has 0 aliphatic carbocycles. The summed E-state index contributed by atoms with van der Waals surface area (Å²) in [5, 5.41) is 11.7. The van der Waals surface area contributed by atoms with Gasteiger partial charge in [0.2, 0.25) is 0 Å². The summed E-state index contributed by atoms with van der Waals surface area (Å²) in [6.45, 7) is 1.24. The lowest BCUT2D eigenvalue weighted by Gasteiger charge is -2.17. The Hall–Kier alpha value is -1.78. The molecule has 5 nitrogen and oxygen atoms in total. The third-order valence-corrected chi connectivity index (χ3v) is 1.75. The molecule has 1 aliphatic heterocycles. The maximum atomic E-state index is 10.6. The standard InChI is InChI=1S/C8H8N2O3/c11-8(12)5-3-6-7(10-4-5)9-1-2-13-6/h3-4H,1-2H2,(H,9,10)(H,11,12). The molecule has 2 rings (SSSR count). The number of hydrogen-bond donors (Lipinski definition) is 2. The minimum absolute atomic E-state index is 0.141. The average Bonchev–Trinajstić information content (AvgIpc) is 2.17. The molecule has 0 unspecified atom stereocenters. The normalized spacial score (nSPS) is 13.8. The van der Waals surface area contributed by atoms with Crippen molar-refractivity contribution in [1.29, 1.82) is 0 Å². The highest BCUT2D eigenvalue weighted by molar-refractivity contribution is 5.88. The average molecular weight is 180 g/mol. The van der Waals surface area contributed by atoms with Crippen LogP contribution in [0.4, 0.5) is 5.82 Å². The summed E-state index contributed by atoms with van der Waals surface area (Å²) >= 11 is 0. The molecule has 5 heteroatoms. The van der Waals surface area contributed by atoms with Crippen molar-refractivity contribution < 1.29 is 14.6 Å². The quantitative estimate of drug-likeness (QED) is 0.661. The summed E-state index contributed by atoms with van der Waals surface area (Å²) in [4.78, 5) is 14.5. The maximum absolute atomic E-state index is 10.6. The number of anilines is 1.